The smallest absolute Gasteiger partial charge is 0.237 e. The van der Waals surface area contributed by atoms with Gasteiger partial charge in [0.25, 0.3) is 0 Å². The fourth-order valence-corrected chi connectivity index (χ4v) is 3.69. The average molecular weight is 373 g/mol. The SMILES string of the molecule is CCN(C(=O)CSc1nnc(-c2ccc(OC)cc2)n1N)C1=CCCC1. The van der Waals surface area contributed by atoms with Gasteiger partial charge in [-0.25, -0.2) is 4.68 Å². The highest BCUT2D eigenvalue weighted by Crippen LogP contribution is 2.25. The Morgan fingerprint density at radius 1 is 1.35 bits per heavy atom. The van der Waals surface area contributed by atoms with Gasteiger partial charge in [-0.2, -0.15) is 0 Å². The van der Waals surface area contributed by atoms with Crippen LogP contribution >= 0.6 is 11.8 Å². The van der Waals surface area contributed by atoms with E-state index >= 15 is 0 Å². The van der Waals surface area contributed by atoms with Crippen LogP contribution in [-0.2, 0) is 4.79 Å². The maximum absolute atomic E-state index is 12.5. The first-order valence-corrected chi connectivity index (χ1v) is 9.59. The van der Waals surface area contributed by atoms with Gasteiger partial charge in [-0.05, 0) is 50.5 Å². The highest BCUT2D eigenvalue weighted by molar-refractivity contribution is 7.99. The van der Waals surface area contributed by atoms with Crippen LogP contribution in [0, 0.1) is 0 Å². The van der Waals surface area contributed by atoms with Crippen molar-refractivity contribution in [3.8, 4) is 17.1 Å². The van der Waals surface area contributed by atoms with Gasteiger partial charge in [0.05, 0.1) is 12.9 Å². The minimum absolute atomic E-state index is 0.0691. The molecule has 138 valence electrons. The van der Waals surface area contributed by atoms with Crippen molar-refractivity contribution in [1.82, 2.24) is 19.8 Å². The highest BCUT2D eigenvalue weighted by Gasteiger charge is 2.20. The molecule has 8 heteroatoms. The summed E-state index contributed by atoms with van der Waals surface area (Å²) in [5.74, 6) is 7.79. The van der Waals surface area contributed by atoms with E-state index in [9.17, 15) is 4.79 Å². The van der Waals surface area contributed by atoms with Crippen molar-refractivity contribution in [3.63, 3.8) is 0 Å². The van der Waals surface area contributed by atoms with Gasteiger partial charge in [-0.1, -0.05) is 17.8 Å². The standard InChI is InChI=1S/C18H23N5O2S/c1-3-22(14-6-4-5-7-14)16(24)12-26-18-21-20-17(23(18)19)13-8-10-15(25-2)11-9-13/h6,8-11H,3-5,7,12,19H2,1-2H3. The number of allylic oxidation sites excluding steroid dienone is 2. The molecule has 1 heterocycles. The summed E-state index contributed by atoms with van der Waals surface area (Å²) < 4.78 is 6.58. The normalized spacial score (nSPS) is 13.5. The molecule has 0 fully saturated rings. The zero-order valence-corrected chi connectivity index (χ0v) is 15.8. The molecular formula is C18H23N5O2S. The van der Waals surface area contributed by atoms with Crippen molar-refractivity contribution in [2.45, 2.75) is 31.3 Å². The molecule has 2 N–H and O–H groups in total. The minimum Gasteiger partial charge on any atom is -0.497 e. The van der Waals surface area contributed by atoms with Crippen LogP contribution in [0.5, 0.6) is 5.75 Å². The second-order valence-electron chi connectivity index (χ2n) is 5.92. The van der Waals surface area contributed by atoms with Gasteiger partial charge in [-0.15, -0.1) is 10.2 Å². The molecule has 1 aromatic carbocycles. The van der Waals surface area contributed by atoms with E-state index in [0.717, 1.165) is 36.3 Å². The van der Waals surface area contributed by atoms with Crippen molar-refractivity contribution in [2.75, 3.05) is 25.3 Å². The summed E-state index contributed by atoms with van der Waals surface area (Å²) >= 11 is 1.30. The Morgan fingerprint density at radius 3 is 2.73 bits per heavy atom. The number of amides is 1. The molecule has 0 unspecified atom stereocenters. The van der Waals surface area contributed by atoms with E-state index in [1.165, 1.54) is 16.4 Å². The van der Waals surface area contributed by atoms with Crippen LogP contribution in [0.25, 0.3) is 11.4 Å². The van der Waals surface area contributed by atoms with Crippen LogP contribution in [0.3, 0.4) is 0 Å². The molecule has 0 bridgehead atoms. The van der Waals surface area contributed by atoms with Crippen LogP contribution in [0.2, 0.25) is 0 Å². The molecule has 0 spiro atoms. The minimum atomic E-state index is 0.0691. The Labute approximate surface area is 157 Å². The van der Waals surface area contributed by atoms with Crippen LogP contribution in [0.15, 0.2) is 41.2 Å². The third-order valence-electron chi connectivity index (χ3n) is 4.32. The third-order valence-corrected chi connectivity index (χ3v) is 5.25. The predicted octanol–water partition coefficient (Wildman–Crippen LogP) is 2.68. The largest absolute Gasteiger partial charge is 0.497 e. The molecule has 1 aliphatic carbocycles. The number of carbonyl (C=O) groups excluding carboxylic acids is 1. The first-order valence-electron chi connectivity index (χ1n) is 8.61. The van der Waals surface area contributed by atoms with Gasteiger partial charge < -0.3 is 15.5 Å². The van der Waals surface area contributed by atoms with E-state index in [0.29, 0.717) is 17.5 Å². The van der Waals surface area contributed by atoms with Crippen molar-refractivity contribution in [3.05, 3.63) is 36.0 Å². The number of rotatable bonds is 7. The molecule has 1 aromatic heterocycles. The molecule has 7 nitrogen and oxygen atoms in total. The van der Waals surface area contributed by atoms with Crippen LogP contribution in [-0.4, -0.2) is 45.1 Å². The third kappa shape index (κ3) is 3.85. The maximum Gasteiger partial charge on any atom is 0.237 e. The Bertz CT molecular complexity index is 800. The first kappa shape index (κ1) is 18.3. The van der Waals surface area contributed by atoms with E-state index in [2.05, 4.69) is 16.3 Å². The molecule has 26 heavy (non-hydrogen) atoms. The lowest BCUT2D eigenvalue weighted by atomic mass is 10.2. The number of nitrogens with zero attached hydrogens (tertiary/aromatic N) is 4. The molecule has 2 aromatic rings. The van der Waals surface area contributed by atoms with E-state index in [1.807, 2.05) is 36.1 Å². The van der Waals surface area contributed by atoms with Crippen molar-refractivity contribution < 1.29 is 9.53 Å². The van der Waals surface area contributed by atoms with E-state index in [4.69, 9.17) is 10.6 Å². The Kier molecular flexibility index (Phi) is 5.82. The average Bonchev–Trinajstić information content (AvgIpc) is 3.31. The predicted molar refractivity (Wildman–Crippen MR) is 102 cm³/mol. The fraction of sp³-hybridized carbons (Fsp3) is 0.389. The number of hydrogen-bond donors (Lipinski definition) is 1. The second-order valence-corrected chi connectivity index (χ2v) is 6.86. The number of aromatic nitrogens is 3. The van der Waals surface area contributed by atoms with Gasteiger partial charge in [0.1, 0.15) is 5.75 Å². The summed E-state index contributed by atoms with van der Waals surface area (Å²) in [7, 11) is 1.62. The molecule has 0 aliphatic heterocycles. The summed E-state index contributed by atoms with van der Waals surface area (Å²) in [5, 5.41) is 8.79. The topological polar surface area (TPSA) is 86.3 Å². The summed E-state index contributed by atoms with van der Waals surface area (Å²) in [6.45, 7) is 2.67. The van der Waals surface area contributed by atoms with Crippen molar-refractivity contribution in [1.29, 1.82) is 0 Å². The van der Waals surface area contributed by atoms with Gasteiger partial charge in [0.15, 0.2) is 5.82 Å². The molecule has 1 aliphatic rings. The zero-order chi connectivity index (χ0) is 18.5. The Balaban J connectivity index is 1.67. The van der Waals surface area contributed by atoms with Gasteiger partial charge in [0.2, 0.25) is 11.1 Å². The monoisotopic (exact) mass is 373 g/mol. The van der Waals surface area contributed by atoms with E-state index in [1.54, 1.807) is 7.11 Å². The van der Waals surface area contributed by atoms with Gasteiger partial charge >= 0.3 is 0 Å². The van der Waals surface area contributed by atoms with Crippen molar-refractivity contribution >= 4 is 17.7 Å². The first-order chi connectivity index (χ1) is 12.6. The number of thioether (sulfide) groups is 1. The molecule has 0 radical (unpaired) electrons. The molecule has 3 rings (SSSR count). The Morgan fingerprint density at radius 2 is 2.12 bits per heavy atom. The van der Waals surface area contributed by atoms with E-state index in [-0.39, 0.29) is 11.7 Å². The number of nitrogens with two attached hydrogens (primary N) is 1. The molecule has 0 saturated carbocycles. The van der Waals surface area contributed by atoms with Gasteiger partial charge in [-0.3, -0.25) is 4.79 Å². The number of benzene rings is 1. The fourth-order valence-electron chi connectivity index (χ4n) is 2.96. The number of ether oxygens (including phenoxy) is 1. The summed E-state index contributed by atoms with van der Waals surface area (Å²) in [6.07, 6.45) is 5.29. The zero-order valence-electron chi connectivity index (χ0n) is 15.0. The van der Waals surface area contributed by atoms with Crippen molar-refractivity contribution in [2.24, 2.45) is 0 Å². The highest BCUT2D eigenvalue weighted by atomic mass is 32.2. The molecule has 0 saturated heterocycles. The number of nitrogen functional groups attached to an aromatic ring is 1. The molecule has 0 atom stereocenters. The lowest BCUT2D eigenvalue weighted by Gasteiger charge is -2.21. The van der Waals surface area contributed by atoms with Crippen LogP contribution < -0.4 is 10.6 Å². The lowest BCUT2D eigenvalue weighted by molar-refractivity contribution is -0.126. The lowest BCUT2D eigenvalue weighted by Crippen LogP contribution is -2.31. The summed E-state index contributed by atoms with van der Waals surface area (Å²) in [4.78, 5) is 14.4. The number of methoxy groups -OCH3 is 1. The Hall–Kier alpha value is -2.48. The summed E-state index contributed by atoms with van der Waals surface area (Å²) in [5.41, 5.74) is 1.97. The van der Waals surface area contributed by atoms with E-state index < -0.39 is 0 Å². The number of hydrogen-bond acceptors (Lipinski definition) is 6. The quantitative estimate of drug-likeness (QED) is 0.593. The molecular weight excluding hydrogens is 350 g/mol. The molecule has 1 amide bonds. The van der Waals surface area contributed by atoms with Crippen LogP contribution in [0.1, 0.15) is 26.2 Å². The van der Waals surface area contributed by atoms with Gasteiger partial charge in [0, 0.05) is 17.8 Å². The summed E-state index contributed by atoms with van der Waals surface area (Å²) in [6, 6.07) is 7.43. The van der Waals surface area contributed by atoms with Crippen LogP contribution in [0.4, 0.5) is 0 Å². The number of carbonyl (C=O) groups is 1. The second kappa shape index (κ2) is 8.27. The maximum atomic E-state index is 12.5.